The topological polar surface area (TPSA) is 90.9 Å². The van der Waals surface area contributed by atoms with Gasteiger partial charge in [-0.05, 0) is 30.5 Å². The SMILES string of the molecule is Cc1c(NC(=O)Cn2cnc3sccc3c2=O)c(=O)n(-c2ccccc2)n1C. The minimum absolute atomic E-state index is 0.189. The summed E-state index contributed by atoms with van der Waals surface area (Å²) in [5.74, 6) is -0.468. The van der Waals surface area contributed by atoms with E-state index in [4.69, 9.17) is 0 Å². The highest BCUT2D eigenvalue weighted by molar-refractivity contribution is 7.16. The summed E-state index contributed by atoms with van der Waals surface area (Å²) in [6.07, 6.45) is 1.35. The fourth-order valence-corrected chi connectivity index (χ4v) is 3.78. The van der Waals surface area contributed by atoms with Gasteiger partial charge in [0, 0.05) is 7.05 Å². The van der Waals surface area contributed by atoms with Crippen LogP contribution in [0.1, 0.15) is 5.69 Å². The summed E-state index contributed by atoms with van der Waals surface area (Å²) in [5.41, 5.74) is 0.878. The molecular weight excluding hydrogens is 378 g/mol. The Morgan fingerprint density at radius 1 is 1.14 bits per heavy atom. The van der Waals surface area contributed by atoms with Crippen molar-refractivity contribution in [2.24, 2.45) is 7.05 Å². The van der Waals surface area contributed by atoms with E-state index in [0.717, 1.165) is 0 Å². The lowest BCUT2D eigenvalue weighted by molar-refractivity contribution is -0.116. The monoisotopic (exact) mass is 395 g/mol. The number of nitrogens with zero attached hydrogens (tertiary/aromatic N) is 4. The van der Waals surface area contributed by atoms with Gasteiger partial charge < -0.3 is 5.32 Å². The zero-order chi connectivity index (χ0) is 19.8. The molecule has 8 nitrogen and oxygen atoms in total. The molecule has 3 aromatic heterocycles. The van der Waals surface area contributed by atoms with Gasteiger partial charge in [-0.15, -0.1) is 11.3 Å². The van der Waals surface area contributed by atoms with E-state index in [1.54, 1.807) is 30.1 Å². The minimum atomic E-state index is -0.468. The van der Waals surface area contributed by atoms with E-state index in [1.165, 1.54) is 26.9 Å². The van der Waals surface area contributed by atoms with Crippen LogP contribution in [0.15, 0.2) is 57.7 Å². The molecule has 0 aliphatic heterocycles. The van der Waals surface area contributed by atoms with Crippen LogP contribution in [0.3, 0.4) is 0 Å². The molecule has 0 radical (unpaired) electrons. The maximum atomic E-state index is 12.9. The molecule has 4 aromatic rings. The molecular formula is C19H17N5O3S. The van der Waals surface area contributed by atoms with Crippen molar-refractivity contribution in [2.45, 2.75) is 13.5 Å². The highest BCUT2D eigenvalue weighted by Crippen LogP contribution is 2.15. The van der Waals surface area contributed by atoms with Crippen molar-refractivity contribution in [3.8, 4) is 5.69 Å². The molecule has 0 unspecified atom stereocenters. The third-order valence-electron chi connectivity index (χ3n) is 4.58. The number of rotatable bonds is 4. The molecule has 0 atom stereocenters. The molecule has 0 saturated heterocycles. The molecule has 0 bridgehead atoms. The Kier molecular flexibility index (Phi) is 4.44. The number of nitrogens with one attached hydrogen (secondary N) is 1. The van der Waals surface area contributed by atoms with Crippen molar-refractivity contribution >= 4 is 33.1 Å². The molecule has 0 aliphatic rings. The average Bonchev–Trinajstić information content (AvgIpc) is 3.25. The Bertz CT molecular complexity index is 1300. The molecule has 0 spiro atoms. The van der Waals surface area contributed by atoms with Gasteiger partial charge in [-0.2, -0.15) is 0 Å². The number of para-hydroxylation sites is 1. The third kappa shape index (κ3) is 2.95. The van der Waals surface area contributed by atoms with Crippen LogP contribution in [-0.4, -0.2) is 24.8 Å². The highest BCUT2D eigenvalue weighted by Gasteiger charge is 2.18. The molecule has 9 heteroatoms. The molecule has 142 valence electrons. The van der Waals surface area contributed by atoms with E-state index in [-0.39, 0.29) is 23.4 Å². The van der Waals surface area contributed by atoms with Gasteiger partial charge in [0.25, 0.3) is 11.1 Å². The van der Waals surface area contributed by atoms with E-state index in [2.05, 4.69) is 10.3 Å². The smallest absolute Gasteiger partial charge is 0.295 e. The molecule has 0 saturated carbocycles. The quantitative estimate of drug-likeness (QED) is 0.571. The predicted molar refractivity (Wildman–Crippen MR) is 108 cm³/mol. The summed E-state index contributed by atoms with van der Waals surface area (Å²) in [7, 11) is 1.75. The van der Waals surface area contributed by atoms with Crippen molar-refractivity contribution < 1.29 is 4.79 Å². The van der Waals surface area contributed by atoms with Crippen LogP contribution >= 0.6 is 11.3 Å². The van der Waals surface area contributed by atoms with Gasteiger partial charge in [-0.3, -0.25) is 23.6 Å². The Morgan fingerprint density at radius 2 is 1.89 bits per heavy atom. The molecule has 3 heterocycles. The first kappa shape index (κ1) is 17.9. The van der Waals surface area contributed by atoms with E-state index < -0.39 is 5.91 Å². The maximum Gasteiger partial charge on any atom is 0.295 e. The lowest BCUT2D eigenvalue weighted by Crippen LogP contribution is -2.29. The summed E-state index contributed by atoms with van der Waals surface area (Å²) in [6.45, 7) is 1.53. The van der Waals surface area contributed by atoms with Crippen LogP contribution in [0, 0.1) is 6.92 Å². The Hall–Kier alpha value is -3.46. The summed E-state index contributed by atoms with van der Waals surface area (Å²) in [4.78, 5) is 42.6. The lowest BCUT2D eigenvalue weighted by Gasteiger charge is -2.07. The van der Waals surface area contributed by atoms with Crippen molar-refractivity contribution in [1.82, 2.24) is 18.9 Å². The molecule has 0 fully saturated rings. The highest BCUT2D eigenvalue weighted by atomic mass is 32.1. The first-order chi connectivity index (χ1) is 13.5. The Labute approximate surface area is 163 Å². The van der Waals surface area contributed by atoms with Gasteiger partial charge in [0.05, 0.1) is 23.1 Å². The summed E-state index contributed by atoms with van der Waals surface area (Å²) < 4.78 is 4.40. The van der Waals surface area contributed by atoms with Crippen LogP contribution in [0.5, 0.6) is 0 Å². The predicted octanol–water partition coefficient (Wildman–Crippen LogP) is 1.89. The van der Waals surface area contributed by atoms with E-state index in [0.29, 0.717) is 21.6 Å². The number of carbonyl (C=O) groups excluding carboxylic acids is 1. The number of benzene rings is 1. The number of hydrogen-bond donors (Lipinski definition) is 1. The second-order valence-electron chi connectivity index (χ2n) is 6.30. The van der Waals surface area contributed by atoms with Gasteiger partial charge in [0.1, 0.15) is 17.1 Å². The Morgan fingerprint density at radius 3 is 2.64 bits per heavy atom. The summed E-state index contributed by atoms with van der Waals surface area (Å²) >= 11 is 1.37. The largest absolute Gasteiger partial charge is 0.318 e. The van der Waals surface area contributed by atoms with Gasteiger partial charge in [-0.1, -0.05) is 18.2 Å². The fourth-order valence-electron chi connectivity index (χ4n) is 3.05. The number of fused-ring (bicyclic) bond motifs is 1. The van der Waals surface area contributed by atoms with Crippen LogP contribution in [-0.2, 0) is 18.4 Å². The van der Waals surface area contributed by atoms with Crippen molar-refractivity contribution in [3.05, 3.63) is 74.5 Å². The molecule has 28 heavy (non-hydrogen) atoms. The maximum absolute atomic E-state index is 12.9. The number of hydrogen-bond acceptors (Lipinski definition) is 5. The number of aromatic nitrogens is 4. The first-order valence-corrected chi connectivity index (χ1v) is 9.42. The average molecular weight is 395 g/mol. The second kappa shape index (κ2) is 6.93. The van der Waals surface area contributed by atoms with Crippen molar-refractivity contribution in [1.29, 1.82) is 0 Å². The van der Waals surface area contributed by atoms with Crippen LogP contribution in [0.2, 0.25) is 0 Å². The van der Waals surface area contributed by atoms with Gasteiger partial charge in [0.2, 0.25) is 5.91 Å². The standard InChI is InChI=1S/C19H17N5O3S/c1-12-16(19(27)24(22(12)2)13-6-4-3-5-7-13)21-15(25)10-23-11-20-17-14(18(23)26)8-9-28-17/h3-9,11H,10H2,1-2H3,(H,21,25). The summed E-state index contributed by atoms with van der Waals surface area (Å²) in [6, 6.07) is 10.8. The molecule has 0 aliphatic carbocycles. The number of carbonyl (C=O) groups is 1. The minimum Gasteiger partial charge on any atom is -0.318 e. The normalized spacial score (nSPS) is 11.1. The number of amides is 1. The first-order valence-electron chi connectivity index (χ1n) is 8.54. The van der Waals surface area contributed by atoms with Gasteiger partial charge in [0.15, 0.2) is 0 Å². The Balaban J connectivity index is 1.64. The zero-order valence-corrected chi connectivity index (χ0v) is 16.1. The lowest BCUT2D eigenvalue weighted by atomic mass is 10.3. The van der Waals surface area contributed by atoms with Gasteiger partial charge >= 0.3 is 0 Å². The second-order valence-corrected chi connectivity index (χ2v) is 7.20. The van der Waals surface area contributed by atoms with Crippen LogP contribution in [0.4, 0.5) is 5.69 Å². The molecule has 1 aromatic carbocycles. The zero-order valence-electron chi connectivity index (χ0n) is 15.2. The third-order valence-corrected chi connectivity index (χ3v) is 5.40. The number of anilines is 1. The molecule has 1 amide bonds. The van der Waals surface area contributed by atoms with E-state index in [1.807, 2.05) is 30.3 Å². The van der Waals surface area contributed by atoms with Crippen molar-refractivity contribution in [2.75, 3.05) is 5.32 Å². The number of thiophene rings is 1. The fraction of sp³-hybridized carbons (Fsp3) is 0.158. The van der Waals surface area contributed by atoms with Gasteiger partial charge in [-0.25, -0.2) is 9.67 Å². The molecule has 4 rings (SSSR count). The molecule has 1 N–H and O–H groups in total. The van der Waals surface area contributed by atoms with Crippen molar-refractivity contribution in [3.63, 3.8) is 0 Å². The van der Waals surface area contributed by atoms with Crippen LogP contribution in [0.25, 0.3) is 15.9 Å². The van der Waals surface area contributed by atoms with E-state index >= 15 is 0 Å². The summed E-state index contributed by atoms with van der Waals surface area (Å²) in [5, 5.41) is 4.90. The van der Waals surface area contributed by atoms with E-state index in [9.17, 15) is 14.4 Å². The van der Waals surface area contributed by atoms with Crippen LogP contribution < -0.4 is 16.4 Å².